The summed E-state index contributed by atoms with van der Waals surface area (Å²) in [5.74, 6) is 1.06. The molecule has 2 atom stereocenters. The second kappa shape index (κ2) is 8.58. The molecule has 1 fully saturated rings. The van der Waals surface area contributed by atoms with Crippen LogP contribution in [0.4, 0.5) is 16.4 Å². The second-order valence-electron chi connectivity index (χ2n) is 8.97. The molecule has 0 saturated carbocycles. The van der Waals surface area contributed by atoms with Gasteiger partial charge in [-0.15, -0.1) is 0 Å². The van der Waals surface area contributed by atoms with Gasteiger partial charge < -0.3 is 20.1 Å². The van der Waals surface area contributed by atoms with Crippen LogP contribution in [0.5, 0.6) is 5.88 Å². The van der Waals surface area contributed by atoms with E-state index in [1.807, 2.05) is 0 Å². The molecule has 0 radical (unpaired) electrons. The van der Waals surface area contributed by atoms with Gasteiger partial charge in [-0.25, -0.2) is 14.8 Å². The van der Waals surface area contributed by atoms with Gasteiger partial charge in [0, 0.05) is 11.4 Å². The molecule has 1 aliphatic carbocycles. The number of rotatable bonds is 6. The summed E-state index contributed by atoms with van der Waals surface area (Å²) in [6.45, 7) is 8.34. The molecule has 4 heterocycles. The van der Waals surface area contributed by atoms with Gasteiger partial charge in [-0.2, -0.15) is 0 Å². The second-order valence-corrected chi connectivity index (χ2v) is 8.97. The molecule has 2 aliphatic heterocycles. The fraction of sp³-hybridized carbons (Fsp3) is 0.522. The van der Waals surface area contributed by atoms with Gasteiger partial charge in [-0.05, 0) is 75.7 Å². The first-order chi connectivity index (χ1) is 15.9. The molecular formula is C23H28N6O4. The highest BCUT2D eigenvalue weighted by molar-refractivity contribution is 5.94. The molecule has 3 aliphatic rings. The third-order valence-corrected chi connectivity index (χ3v) is 6.67. The number of carbonyl (C=O) groups is 2. The first-order valence-electron chi connectivity index (χ1n) is 11.3. The summed E-state index contributed by atoms with van der Waals surface area (Å²) in [5, 5.41) is 6.14. The minimum Gasteiger partial charge on any atom is -0.465 e. The van der Waals surface area contributed by atoms with E-state index in [4.69, 9.17) is 9.47 Å². The van der Waals surface area contributed by atoms with Crippen LogP contribution in [0.2, 0.25) is 0 Å². The van der Waals surface area contributed by atoms with Crippen molar-refractivity contribution in [3.8, 4) is 5.88 Å². The van der Waals surface area contributed by atoms with Crippen LogP contribution in [0, 0.1) is 26.7 Å². The van der Waals surface area contributed by atoms with E-state index in [1.54, 1.807) is 0 Å². The lowest BCUT2D eigenvalue weighted by molar-refractivity contribution is -0.118. The van der Waals surface area contributed by atoms with Crippen LogP contribution in [0.15, 0.2) is 6.20 Å². The molecule has 2 aromatic heterocycles. The minimum absolute atomic E-state index is 0.0927. The number of anilines is 2. The Balaban J connectivity index is 1.11. The molecule has 10 heteroatoms. The molecule has 33 heavy (non-hydrogen) atoms. The van der Waals surface area contributed by atoms with Crippen LogP contribution < -0.4 is 20.3 Å². The van der Waals surface area contributed by atoms with Gasteiger partial charge in [-0.3, -0.25) is 14.7 Å². The maximum absolute atomic E-state index is 12.4. The minimum atomic E-state index is -0.461. The summed E-state index contributed by atoms with van der Waals surface area (Å²) >= 11 is 0. The van der Waals surface area contributed by atoms with E-state index in [0.29, 0.717) is 24.7 Å². The third kappa shape index (κ3) is 4.22. The van der Waals surface area contributed by atoms with Crippen molar-refractivity contribution in [3.63, 3.8) is 0 Å². The SMILES string of the molecule is Cc1nc(C)c2c(c1C)CC(CNCCC1CN(c3cnc4c(n3)NC(=O)CO4)C(=O)O1)C2. The number of nitrogens with one attached hydrogen (secondary N) is 2. The monoisotopic (exact) mass is 452 g/mol. The Hall–Kier alpha value is -3.27. The largest absolute Gasteiger partial charge is 0.465 e. The number of fused-ring (bicyclic) bond motifs is 2. The zero-order valence-corrected chi connectivity index (χ0v) is 19.1. The number of aryl methyl sites for hydroxylation is 2. The van der Waals surface area contributed by atoms with Gasteiger partial charge in [0.05, 0.1) is 12.7 Å². The van der Waals surface area contributed by atoms with E-state index < -0.39 is 6.09 Å². The van der Waals surface area contributed by atoms with Crippen molar-refractivity contribution in [3.05, 3.63) is 34.3 Å². The Morgan fingerprint density at radius 1 is 1.15 bits per heavy atom. The van der Waals surface area contributed by atoms with Gasteiger partial charge in [-0.1, -0.05) is 0 Å². The number of ether oxygens (including phenoxy) is 2. The van der Waals surface area contributed by atoms with Crippen LogP contribution in [-0.4, -0.2) is 59.3 Å². The van der Waals surface area contributed by atoms with Crippen molar-refractivity contribution in [2.45, 2.75) is 46.1 Å². The van der Waals surface area contributed by atoms with E-state index in [0.717, 1.165) is 37.3 Å². The summed E-state index contributed by atoms with van der Waals surface area (Å²) in [4.78, 5) is 38.4. The van der Waals surface area contributed by atoms with Crippen LogP contribution in [-0.2, 0) is 22.4 Å². The molecule has 1 saturated heterocycles. The molecule has 10 nitrogen and oxygen atoms in total. The van der Waals surface area contributed by atoms with Crippen LogP contribution >= 0.6 is 0 Å². The van der Waals surface area contributed by atoms with Crippen LogP contribution in [0.25, 0.3) is 0 Å². The molecule has 0 spiro atoms. The number of carbonyl (C=O) groups excluding carboxylic acids is 2. The van der Waals surface area contributed by atoms with Crippen molar-refractivity contribution < 1.29 is 19.1 Å². The number of amides is 2. The molecule has 2 aromatic rings. The zero-order valence-electron chi connectivity index (χ0n) is 19.1. The summed E-state index contributed by atoms with van der Waals surface area (Å²) in [5.41, 5.74) is 6.50. The first-order valence-corrected chi connectivity index (χ1v) is 11.3. The van der Waals surface area contributed by atoms with E-state index >= 15 is 0 Å². The fourth-order valence-corrected chi connectivity index (χ4v) is 4.82. The van der Waals surface area contributed by atoms with Gasteiger partial charge in [0.15, 0.2) is 18.2 Å². The number of nitrogens with zero attached hydrogens (tertiary/aromatic N) is 4. The van der Waals surface area contributed by atoms with Crippen molar-refractivity contribution in [2.75, 3.05) is 36.5 Å². The Kier molecular flexibility index (Phi) is 5.61. The smallest absolute Gasteiger partial charge is 0.415 e. The lowest BCUT2D eigenvalue weighted by atomic mass is 10.0. The van der Waals surface area contributed by atoms with Crippen molar-refractivity contribution in [2.24, 2.45) is 5.92 Å². The maximum atomic E-state index is 12.4. The number of hydrogen-bond acceptors (Lipinski definition) is 8. The molecule has 2 unspecified atom stereocenters. The normalized spacial score (nSPS) is 21.4. The van der Waals surface area contributed by atoms with E-state index in [-0.39, 0.29) is 30.3 Å². The predicted octanol–water partition coefficient (Wildman–Crippen LogP) is 1.85. The van der Waals surface area contributed by atoms with Crippen LogP contribution in [0.1, 0.15) is 34.5 Å². The molecule has 5 rings (SSSR count). The lowest BCUT2D eigenvalue weighted by Gasteiger charge is -2.18. The molecule has 2 N–H and O–H groups in total. The Morgan fingerprint density at radius 2 is 1.97 bits per heavy atom. The number of pyridine rings is 1. The summed E-state index contributed by atoms with van der Waals surface area (Å²) < 4.78 is 10.7. The summed E-state index contributed by atoms with van der Waals surface area (Å²) in [6.07, 6.45) is 3.62. The van der Waals surface area contributed by atoms with E-state index in [1.165, 1.54) is 27.8 Å². The Bertz CT molecular complexity index is 1120. The first kappa shape index (κ1) is 21.6. The average molecular weight is 453 g/mol. The summed E-state index contributed by atoms with van der Waals surface area (Å²) in [7, 11) is 0. The van der Waals surface area contributed by atoms with Gasteiger partial charge in [0.1, 0.15) is 6.10 Å². The molecule has 0 bridgehead atoms. The predicted molar refractivity (Wildman–Crippen MR) is 121 cm³/mol. The van der Waals surface area contributed by atoms with Crippen molar-refractivity contribution in [1.29, 1.82) is 0 Å². The Labute approximate surface area is 192 Å². The summed E-state index contributed by atoms with van der Waals surface area (Å²) in [6, 6.07) is 0. The number of cyclic esters (lactones) is 1. The van der Waals surface area contributed by atoms with E-state index in [2.05, 4.69) is 46.4 Å². The highest BCUT2D eigenvalue weighted by atomic mass is 16.6. The molecule has 174 valence electrons. The molecule has 0 aromatic carbocycles. The fourth-order valence-electron chi connectivity index (χ4n) is 4.82. The zero-order chi connectivity index (χ0) is 23.1. The lowest BCUT2D eigenvalue weighted by Crippen LogP contribution is -2.30. The third-order valence-electron chi connectivity index (χ3n) is 6.67. The Morgan fingerprint density at radius 3 is 2.82 bits per heavy atom. The van der Waals surface area contributed by atoms with E-state index in [9.17, 15) is 9.59 Å². The molecule has 2 amide bonds. The van der Waals surface area contributed by atoms with Gasteiger partial charge in [0.2, 0.25) is 0 Å². The maximum Gasteiger partial charge on any atom is 0.415 e. The topological polar surface area (TPSA) is 119 Å². The van der Waals surface area contributed by atoms with Crippen molar-refractivity contribution in [1.82, 2.24) is 20.3 Å². The van der Waals surface area contributed by atoms with Gasteiger partial charge >= 0.3 is 6.09 Å². The molecular weight excluding hydrogens is 424 g/mol. The van der Waals surface area contributed by atoms with Gasteiger partial charge in [0.25, 0.3) is 11.8 Å². The number of aromatic nitrogens is 3. The van der Waals surface area contributed by atoms with Crippen molar-refractivity contribution >= 4 is 23.6 Å². The highest BCUT2D eigenvalue weighted by Crippen LogP contribution is 2.32. The average Bonchev–Trinajstić information content (AvgIpc) is 3.38. The quantitative estimate of drug-likeness (QED) is 0.638. The van der Waals surface area contributed by atoms with Crippen LogP contribution in [0.3, 0.4) is 0 Å². The highest BCUT2D eigenvalue weighted by Gasteiger charge is 2.34. The number of hydrogen-bond donors (Lipinski definition) is 2. The standard InChI is InChI=1S/C23H28N6O4/c1-12-13(2)26-14(3)18-7-15(6-17(12)18)8-24-5-4-16-10-29(23(31)33-16)19-9-25-22-21(27-19)28-20(30)11-32-22/h9,15-16,24H,4-8,10-11H2,1-3H3,(H,27,28,30).